The molecule has 0 fully saturated rings. The minimum atomic E-state index is 0.540. The van der Waals surface area contributed by atoms with Gasteiger partial charge in [-0.2, -0.15) is 0 Å². The van der Waals surface area contributed by atoms with Gasteiger partial charge in [0, 0.05) is 0 Å². The van der Waals surface area contributed by atoms with Crippen LogP contribution in [-0.4, -0.2) is 0 Å². The minimum absolute atomic E-state index is 0.540. The molecule has 0 amide bonds. The fourth-order valence-electron chi connectivity index (χ4n) is 2.28. The van der Waals surface area contributed by atoms with E-state index in [9.17, 15) is 0 Å². The van der Waals surface area contributed by atoms with Crippen molar-refractivity contribution >= 4 is 0 Å². The first kappa shape index (κ1) is 15.0. The van der Waals surface area contributed by atoms with E-state index >= 15 is 0 Å². The molecule has 0 heteroatoms. The SMILES string of the molecule is CCCCCCC(C)(C)C(C)CC(C)C. The first-order valence-corrected chi connectivity index (χ1v) is 6.90. The van der Waals surface area contributed by atoms with Gasteiger partial charge in [0.05, 0.1) is 0 Å². The fourth-order valence-corrected chi connectivity index (χ4v) is 2.28. The summed E-state index contributed by atoms with van der Waals surface area (Å²) in [6.07, 6.45) is 8.38. The molecule has 0 aromatic carbocycles. The summed E-state index contributed by atoms with van der Waals surface area (Å²) in [5, 5.41) is 0. The van der Waals surface area contributed by atoms with Crippen molar-refractivity contribution in [3.63, 3.8) is 0 Å². The Kier molecular flexibility index (Phi) is 7.30. The average molecular weight is 212 g/mol. The fraction of sp³-hybridized carbons (Fsp3) is 1.00. The standard InChI is InChI=1S/C15H32/c1-7-8-9-10-11-15(5,6)14(4)12-13(2)3/h13-14H,7-12H2,1-6H3. The molecule has 15 heavy (non-hydrogen) atoms. The Bertz CT molecular complexity index is 144. The van der Waals surface area contributed by atoms with E-state index in [1.54, 1.807) is 0 Å². The molecule has 0 saturated carbocycles. The summed E-state index contributed by atoms with van der Waals surface area (Å²) in [5.41, 5.74) is 0.540. The molecule has 0 aromatic heterocycles. The van der Waals surface area contributed by atoms with Crippen molar-refractivity contribution in [2.24, 2.45) is 17.3 Å². The van der Waals surface area contributed by atoms with Crippen molar-refractivity contribution in [1.82, 2.24) is 0 Å². The van der Waals surface area contributed by atoms with Crippen LogP contribution in [0.15, 0.2) is 0 Å². The van der Waals surface area contributed by atoms with Crippen LogP contribution in [0.4, 0.5) is 0 Å². The van der Waals surface area contributed by atoms with Crippen molar-refractivity contribution in [2.75, 3.05) is 0 Å². The van der Waals surface area contributed by atoms with Crippen LogP contribution in [0.5, 0.6) is 0 Å². The van der Waals surface area contributed by atoms with Crippen LogP contribution in [0.3, 0.4) is 0 Å². The lowest BCUT2D eigenvalue weighted by atomic mass is 9.73. The smallest absolute Gasteiger partial charge is 0.0328 e. The highest BCUT2D eigenvalue weighted by Crippen LogP contribution is 2.36. The molecule has 0 bridgehead atoms. The summed E-state index contributed by atoms with van der Waals surface area (Å²) in [5.74, 6) is 1.70. The summed E-state index contributed by atoms with van der Waals surface area (Å²) in [4.78, 5) is 0. The van der Waals surface area contributed by atoms with Gasteiger partial charge in [0.15, 0.2) is 0 Å². The zero-order valence-corrected chi connectivity index (χ0v) is 11.9. The summed E-state index contributed by atoms with van der Waals surface area (Å²) in [6.45, 7) is 14.3. The van der Waals surface area contributed by atoms with Gasteiger partial charge in [0.2, 0.25) is 0 Å². The summed E-state index contributed by atoms with van der Waals surface area (Å²) in [7, 11) is 0. The lowest BCUT2D eigenvalue weighted by Gasteiger charge is -2.33. The molecule has 0 rings (SSSR count). The van der Waals surface area contributed by atoms with Gasteiger partial charge < -0.3 is 0 Å². The van der Waals surface area contributed by atoms with E-state index in [4.69, 9.17) is 0 Å². The van der Waals surface area contributed by atoms with E-state index in [-0.39, 0.29) is 0 Å². The third-order valence-electron chi connectivity index (χ3n) is 3.83. The van der Waals surface area contributed by atoms with E-state index in [1.807, 2.05) is 0 Å². The van der Waals surface area contributed by atoms with E-state index in [2.05, 4.69) is 41.5 Å². The number of unbranched alkanes of at least 4 members (excludes halogenated alkanes) is 3. The maximum absolute atomic E-state index is 2.45. The van der Waals surface area contributed by atoms with Crippen LogP contribution in [0.2, 0.25) is 0 Å². The number of rotatable bonds is 8. The summed E-state index contributed by atoms with van der Waals surface area (Å²) >= 11 is 0. The van der Waals surface area contributed by atoms with E-state index in [0.29, 0.717) is 5.41 Å². The molecule has 0 aliphatic carbocycles. The molecule has 92 valence electrons. The van der Waals surface area contributed by atoms with Gasteiger partial charge in [-0.1, -0.05) is 67.2 Å². The highest BCUT2D eigenvalue weighted by molar-refractivity contribution is 4.76. The molecule has 0 aliphatic rings. The van der Waals surface area contributed by atoms with Gasteiger partial charge in [-0.3, -0.25) is 0 Å². The predicted octanol–water partition coefficient (Wildman–Crippen LogP) is 5.67. The maximum atomic E-state index is 2.45. The zero-order chi connectivity index (χ0) is 11.9. The molecule has 0 heterocycles. The second-order valence-electron chi connectivity index (χ2n) is 6.33. The van der Waals surface area contributed by atoms with E-state index in [1.165, 1.54) is 38.5 Å². The molecule has 0 aliphatic heterocycles. The van der Waals surface area contributed by atoms with Gasteiger partial charge >= 0.3 is 0 Å². The van der Waals surface area contributed by atoms with Crippen LogP contribution in [0.1, 0.15) is 80.1 Å². The first-order valence-electron chi connectivity index (χ1n) is 6.90. The second-order valence-corrected chi connectivity index (χ2v) is 6.33. The quantitative estimate of drug-likeness (QED) is 0.455. The Balaban J connectivity index is 3.82. The largest absolute Gasteiger partial charge is 0.0654 e. The van der Waals surface area contributed by atoms with Crippen molar-refractivity contribution in [2.45, 2.75) is 80.1 Å². The topological polar surface area (TPSA) is 0 Å². The Labute approximate surface area is 97.8 Å². The van der Waals surface area contributed by atoms with Gasteiger partial charge in [-0.05, 0) is 30.1 Å². The van der Waals surface area contributed by atoms with Crippen molar-refractivity contribution in [3.8, 4) is 0 Å². The summed E-state index contributed by atoms with van der Waals surface area (Å²) < 4.78 is 0. The van der Waals surface area contributed by atoms with Gasteiger partial charge in [-0.15, -0.1) is 0 Å². The van der Waals surface area contributed by atoms with Gasteiger partial charge in [0.25, 0.3) is 0 Å². The van der Waals surface area contributed by atoms with Crippen LogP contribution >= 0.6 is 0 Å². The van der Waals surface area contributed by atoms with Crippen LogP contribution < -0.4 is 0 Å². The Morgan fingerprint density at radius 3 is 2.00 bits per heavy atom. The molecular formula is C15H32. The zero-order valence-electron chi connectivity index (χ0n) is 11.9. The molecule has 0 saturated heterocycles. The molecule has 1 atom stereocenters. The van der Waals surface area contributed by atoms with E-state index < -0.39 is 0 Å². The highest BCUT2D eigenvalue weighted by Gasteiger charge is 2.25. The molecule has 1 unspecified atom stereocenters. The number of hydrogen-bond acceptors (Lipinski definition) is 0. The molecule has 0 spiro atoms. The summed E-state index contributed by atoms with van der Waals surface area (Å²) in [6, 6.07) is 0. The monoisotopic (exact) mass is 212 g/mol. The lowest BCUT2D eigenvalue weighted by Crippen LogP contribution is -2.23. The Morgan fingerprint density at radius 2 is 1.53 bits per heavy atom. The van der Waals surface area contributed by atoms with Crippen molar-refractivity contribution in [3.05, 3.63) is 0 Å². The van der Waals surface area contributed by atoms with Crippen LogP contribution in [0.25, 0.3) is 0 Å². The van der Waals surface area contributed by atoms with E-state index in [0.717, 1.165) is 11.8 Å². The third-order valence-corrected chi connectivity index (χ3v) is 3.83. The Morgan fingerprint density at radius 1 is 0.933 bits per heavy atom. The maximum Gasteiger partial charge on any atom is -0.0328 e. The second kappa shape index (κ2) is 7.30. The van der Waals surface area contributed by atoms with Crippen molar-refractivity contribution in [1.29, 1.82) is 0 Å². The molecule has 0 nitrogen and oxygen atoms in total. The molecule has 0 N–H and O–H groups in total. The first-order chi connectivity index (χ1) is 6.90. The minimum Gasteiger partial charge on any atom is -0.0654 e. The van der Waals surface area contributed by atoms with Gasteiger partial charge in [0.1, 0.15) is 0 Å². The lowest BCUT2D eigenvalue weighted by molar-refractivity contribution is 0.177. The highest BCUT2D eigenvalue weighted by atomic mass is 14.3. The molecular weight excluding hydrogens is 180 g/mol. The number of hydrogen-bond donors (Lipinski definition) is 0. The molecule has 0 aromatic rings. The molecule has 0 radical (unpaired) electrons. The Hall–Kier alpha value is 0. The third kappa shape index (κ3) is 6.98. The predicted molar refractivity (Wildman–Crippen MR) is 71.2 cm³/mol. The normalized spacial score (nSPS) is 14.6. The van der Waals surface area contributed by atoms with Crippen LogP contribution in [-0.2, 0) is 0 Å². The average Bonchev–Trinajstić information content (AvgIpc) is 2.11. The van der Waals surface area contributed by atoms with Crippen LogP contribution in [0, 0.1) is 17.3 Å². The van der Waals surface area contributed by atoms with Crippen molar-refractivity contribution < 1.29 is 0 Å². The van der Waals surface area contributed by atoms with Gasteiger partial charge in [-0.25, -0.2) is 0 Å².